The molecular formula is C24H22N2O5. The van der Waals surface area contributed by atoms with Crippen molar-refractivity contribution in [1.82, 2.24) is 9.47 Å². The lowest BCUT2D eigenvalue weighted by molar-refractivity contribution is 0.0415. The summed E-state index contributed by atoms with van der Waals surface area (Å²) >= 11 is 0. The van der Waals surface area contributed by atoms with Gasteiger partial charge in [-0.2, -0.15) is 0 Å². The summed E-state index contributed by atoms with van der Waals surface area (Å²) in [6, 6.07) is 11.3. The molecule has 1 saturated heterocycles. The first-order chi connectivity index (χ1) is 15.0. The lowest BCUT2D eigenvalue weighted by Crippen LogP contribution is -2.42. The van der Waals surface area contributed by atoms with Crippen LogP contribution in [0.3, 0.4) is 0 Å². The number of rotatable bonds is 2. The van der Waals surface area contributed by atoms with Crippen LogP contribution in [0, 0.1) is 6.92 Å². The number of ketones is 1. The second-order valence-corrected chi connectivity index (χ2v) is 7.69. The number of hydrogen-bond donors (Lipinski definition) is 0. The highest BCUT2D eigenvalue weighted by Crippen LogP contribution is 2.40. The van der Waals surface area contributed by atoms with Gasteiger partial charge in [-0.1, -0.05) is 18.2 Å². The molecule has 2 aliphatic rings. The van der Waals surface area contributed by atoms with E-state index in [2.05, 4.69) is 0 Å². The van der Waals surface area contributed by atoms with Crippen molar-refractivity contribution in [3.8, 4) is 11.5 Å². The molecule has 31 heavy (non-hydrogen) atoms. The van der Waals surface area contributed by atoms with Crippen LogP contribution in [-0.4, -0.2) is 47.6 Å². The van der Waals surface area contributed by atoms with Gasteiger partial charge in [-0.15, -0.1) is 0 Å². The SMILES string of the molecule is Cc1c(OC(=O)N2CCOCC2)ccc2c1O/C(=C/c1cn(C)c3ccccc13)C2=O. The number of hydrogen-bond acceptors (Lipinski definition) is 5. The Morgan fingerprint density at radius 2 is 1.90 bits per heavy atom. The highest BCUT2D eigenvalue weighted by Gasteiger charge is 2.31. The molecule has 2 aliphatic heterocycles. The lowest BCUT2D eigenvalue weighted by Gasteiger charge is -2.26. The molecule has 0 saturated carbocycles. The summed E-state index contributed by atoms with van der Waals surface area (Å²) in [5.41, 5.74) is 3.07. The maximum atomic E-state index is 12.9. The average molecular weight is 418 g/mol. The summed E-state index contributed by atoms with van der Waals surface area (Å²) in [6.45, 7) is 3.77. The largest absolute Gasteiger partial charge is 0.452 e. The van der Waals surface area contributed by atoms with Gasteiger partial charge < -0.3 is 23.7 Å². The van der Waals surface area contributed by atoms with Crippen molar-refractivity contribution < 1.29 is 23.8 Å². The summed E-state index contributed by atoms with van der Waals surface area (Å²) in [6.07, 6.45) is 3.31. The number of allylic oxidation sites excluding steroid dienone is 1. The molecule has 2 aromatic carbocycles. The average Bonchev–Trinajstić information content (AvgIpc) is 3.28. The van der Waals surface area contributed by atoms with Crippen LogP contribution in [0.4, 0.5) is 4.79 Å². The monoisotopic (exact) mass is 418 g/mol. The third-order valence-electron chi connectivity index (χ3n) is 5.72. The topological polar surface area (TPSA) is 70.0 Å². The molecule has 3 aromatic rings. The van der Waals surface area contributed by atoms with Crippen LogP contribution in [-0.2, 0) is 11.8 Å². The second-order valence-electron chi connectivity index (χ2n) is 7.69. The Morgan fingerprint density at radius 3 is 2.71 bits per heavy atom. The summed E-state index contributed by atoms with van der Waals surface area (Å²) in [7, 11) is 1.97. The normalized spacial score (nSPS) is 17.2. The number of para-hydroxylation sites is 1. The number of carbonyl (C=O) groups excluding carboxylic acids is 2. The molecule has 7 heteroatoms. The van der Waals surface area contributed by atoms with Gasteiger partial charge in [0.25, 0.3) is 0 Å². The van der Waals surface area contributed by atoms with Gasteiger partial charge in [-0.25, -0.2) is 4.79 Å². The molecule has 0 aliphatic carbocycles. The van der Waals surface area contributed by atoms with Gasteiger partial charge in [0.2, 0.25) is 5.78 Å². The zero-order chi connectivity index (χ0) is 21.5. The molecule has 0 unspecified atom stereocenters. The molecule has 0 spiro atoms. The van der Waals surface area contributed by atoms with E-state index < -0.39 is 6.09 Å². The van der Waals surface area contributed by atoms with Crippen LogP contribution < -0.4 is 9.47 Å². The summed E-state index contributed by atoms with van der Waals surface area (Å²) < 4.78 is 18.8. The van der Waals surface area contributed by atoms with Crippen molar-refractivity contribution in [1.29, 1.82) is 0 Å². The predicted molar refractivity (Wildman–Crippen MR) is 115 cm³/mol. The fourth-order valence-corrected chi connectivity index (χ4v) is 4.01. The molecule has 0 atom stereocenters. The summed E-state index contributed by atoms with van der Waals surface area (Å²) in [5.74, 6) is 0.890. The molecule has 0 radical (unpaired) electrons. The van der Waals surface area contributed by atoms with E-state index in [0.29, 0.717) is 48.9 Å². The number of carbonyl (C=O) groups is 2. The zero-order valence-corrected chi connectivity index (χ0v) is 17.4. The fraction of sp³-hybridized carbons (Fsp3) is 0.250. The highest BCUT2D eigenvalue weighted by atomic mass is 16.6. The molecule has 158 valence electrons. The van der Waals surface area contributed by atoms with Crippen LogP contribution in [0.15, 0.2) is 48.4 Å². The smallest absolute Gasteiger partial charge is 0.415 e. The van der Waals surface area contributed by atoms with Crippen molar-refractivity contribution in [2.24, 2.45) is 7.05 Å². The van der Waals surface area contributed by atoms with Crippen LogP contribution in [0.5, 0.6) is 11.5 Å². The minimum Gasteiger partial charge on any atom is -0.452 e. The predicted octanol–water partition coefficient (Wildman–Crippen LogP) is 3.93. The minimum absolute atomic E-state index is 0.183. The van der Waals surface area contributed by atoms with Gasteiger partial charge >= 0.3 is 6.09 Å². The third-order valence-corrected chi connectivity index (χ3v) is 5.72. The first-order valence-corrected chi connectivity index (χ1v) is 10.2. The number of nitrogens with zero attached hydrogens (tertiary/aromatic N) is 2. The van der Waals surface area contributed by atoms with Crippen molar-refractivity contribution >= 4 is 28.9 Å². The second kappa shape index (κ2) is 7.59. The molecule has 0 N–H and O–H groups in total. The van der Waals surface area contributed by atoms with Crippen molar-refractivity contribution in [3.05, 3.63) is 65.0 Å². The quantitative estimate of drug-likeness (QED) is 0.590. The Bertz CT molecular complexity index is 1230. The standard InChI is InChI=1S/C24H22N2O5/c1-15-20(31-24(28)26-9-11-29-12-10-26)8-7-18-22(27)21(30-23(15)18)13-16-14-25(2)19-6-4-3-5-17(16)19/h3-8,13-14H,9-12H2,1-2H3/b21-13+. The van der Waals surface area contributed by atoms with E-state index in [1.807, 2.05) is 42.1 Å². The van der Waals surface area contributed by atoms with E-state index in [0.717, 1.165) is 16.5 Å². The summed E-state index contributed by atoms with van der Waals surface area (Å²) in [5, 5.41) is 1.04. The Balaban J connectivity index is 1.43. The van der Waals surface area contributed by atoms with Gasteiger partial charge in [0.15, 0.2) is 5.76 Å². The van der Waals surface area contributed by atoms with Crippen molar-refractivity contribution in [2.45, 2.75) is 6.92 Å². The van der Waals surface area contributed by atoms with E-state index >= 15 is 0 Å². The highest BCUT2D eigenvalue weighted by molar-refractivity contribution is 6.15. The van der Waals surface area contributed by atoms with Gasteiger partial charge in [0, 0.05) is 48.4 Å². The Labute approximate surface area is 179 Å². The van der Waals surface area contributed by atoms with Gasteiger partial charge in [-0.05, 0) is 31.2 Å². The fourth-order valence-electron chi connectivity index (χ4n) is 4.01. The van der Waals surface area contributed by atoms with E-state index in [1.165, 1.54) is 0 Å². The molecular weight excluding hydrogens is 396 g/mol. The third kappa shape index (κ3) is 3.37. The molecule has 1 aromatic heterocycles. The summed E-state index contributed by atoms with van der Waals surface area (Å²) in [4.78, 5) is 27.0. The Kier molecular flexibility index (Phi) is 4.75. The van der Waals surface area contributed by atoms with E-state index in [1.54, 1.807) is 30.0 Å². The Hall–Kier alpha value is -3.58. The Morgan fingerprint density at radius 1 is 1.13 bits per heavy atom. The first-order valence-electron chi connectivity index (χ1n) is 10.2. The number of aromatic nitrogens is 1. The minimum atomic E-state index is -0.429. The molecule has 5 rings (SSSR count). The maximum absolute atomic E-state index is 12.9. The molecule has 1 fully saturated rings. The van der Waals surface area contributed by atoms with E-state index in [4.69, 9.17) is 14.2 Å². The molecule has 3 heterocycles. The number of morpholine rings is 1. The van der Waals surface area contributed by atoms with Crippen LogP contribution in [0.2, 0.25) is 0 Å². The van der Waals surface area contributed by atoms with Crippen LogP contribution in [0.1, 0.15) is 21.5 Å². The number of benzene rings is 2. The van der Waals surface area contributed by atoms with Crippen molar-refractivity contribution in [2.75, 3.05) is 26.3 Å². The number of amides is 1. The van der Waals surface area contributed by atoms with E-state index in [9.17, 15) is 9.59 Å². The number of aryl methyl sites for hydroxylation is 1. The van der Waals surface area contributed by atoms with E-state index in [-0.39, 0.29) is 11.5 Å². The van der Waals surface area contributed by atoms with Crippen LogP contribution >= 0.6 is 0 Å². The number of fused-ring (bicyclic) bond motifs is 2. The maximum Gasteiger partial charge on any atom is 0.415 e. The van der Waals surface area contributed by atoms with Crippen LogP contribution in [0.25, 0.3) is 17.0 Å². The molecule has 1 amide bonds. The van der Waals surface area contributed by atoms with Gasteiger partial charge in [0.05, 0.1) is 18.8 Å². The van der Waals surface area contributed by atoms with Crippen molar-refractivity contribution in [3.63, 3.8) is 0 Å². The number of ether oxygens (including phenoxy) is 3. The molecule has 0 bridgehead atoms. The van der Waals surface area contributed by atoms with Gasteiger partial charge in [0.1, 0.15) is 11.5 Å². The first kappa shape index (κ1) is 19.4. The zero-order valence-electron chi connectivity index (χ0n) is 17.4. The van der Waals surface area contributed by atoms with Gasteiger partial charge in [-0.3, -0.25) is 4.79 Å². The molecule has 7 nitrogen and oxygen atoms in total. The number of Topliss-reactive ketones (excluding diaryl/α,β-unsaturated/α-hetero) is 1. The lowest BCUT2D eigenvalue weighted by atomic mass is 10.1.